The van der Waals surface area contributed by atoms with E-state index < -0.39 is 17.1 Å². The van der Waals surface area contributed by atoms with Crippen LogP contribution in [0.3, 0.4) is 0 Å². The maximum atomic E-state index is 12.7. The summed E-state index contributed by atoms with van der Waals surface area (Å²) in [7, 11) is 0. The monoisotopic (exact) mass is 464 g/mol. The van der Waals surface area contributed by atoms with Crippen LogP contribution in [0.4, 0.5) is 10.5 Å². The molecule has 6 nitrogen and oxygen atoms in total. The van der Waals surface area contributed by atoms with E-state index in [4.69, 9.17) is 4.42 Å². The van der Waals surface area contributed by atoms with Gasteiger partial charge in [0.1, 0.15) is 12.3 Å². The molecule has 0 spiro atoms. The van der Waals surface area contributed by atoms with Gasteiger partial charge in [0.15, 0.2) is 5.09 Å². The molecule has 0 aliphatic carbocycles. The van der Waals surface area contributed by atoms with E-state index in [-0.39, 0.29) is 11.4 Å². The molecular weight excluding hydrogens is 444 g/mol. The second kappa shape index (κ2) is 9.50. The van der Waals surface area contributed by atoms with Gasteiger partial charge in [-0.1, -0.05) is 41.6 Å². The van der Waals surface area contributed by atoms with Gasteiger partial charge in [-0.05, 0) is 67.6 Å². The summed E-state index contributed by atoms with van der Waals surface area (Å²) in [6.45, 7) is 3.59. The van der Waals surface area contributed by atoms with Gasteiger partial charge in [0.05, 0.1) is 4.91 Å². The Labute approximate surface area is 194 Å². The standard InChI is InChI=1S/C24H20N2O4S2/c1-15-6-9-19(10-7-15)31-22-11-8-18(30-22)13-20-23(28)26(24(29)32-20)14-21(27)25-17-5-3-4-16(2)12-17/h3-13H,14H2,1-2H3,(H,25,27)/b20-13-. The van der Waals surface area contributed by atoms with Crippen molar-refractivity contribution in [1.29, 1.82) is 0 Å². The highest BCUT2D eigenvalue weighted by Crippen LogP contribution is 2.34. The molecule has 3 amide bonds. The molecule has 1 aliphatic rings. The second-order valence-corrected chi connectivity index (χ2v) is 9.33. The third kappa shape index (κ3) is 5.33. The number of aryl methyl sites for hydroxylation is 2. The number of amides is 3. The van der Waals surface area contributed by atoms with Gasteiger partial charge in [-0.25, -0.2) is 0 Å². The van der Waals surface area contributed by atoms with Gasteiger partial charge in [-0.15, -0.1) is 0 Å². The Hall–Kier alpha value is -3.23. The number of thioether (sulfide) groups is 1. The Morgan fingerprint density at radius 1 is 1.06 bits per heavy atom. The molecule has 4 rings (SSSR count). The largest absolute Gasteiger partial charge is 0.450 e. The van der Waals surface area contributed by atoms with Crippen LogP contribution in [0.5, 0.6) is 0 Å². The van der Waals surface area contributed by atoms with Crippen molar-refractivity contribution in [2.24, 2.45) is 0 Å². The maximum absolute atomic E-state index is 12.7. The van der Waals surface area contributed by atoms with E-state index in [0.29, 0.717) is 16.5 Å². The third-order valence-electron chi connectivity index (χ3n) is 4.59. The summed E-state index contributed by atoms with van der Waals surface area (Å²) in [4.78, 5) is 39.5. The highest BCUT2D eigenvalue weighted by molar-refractivity contribution is 8.18. The minimum atomic E-state index is -0.511. The number of imide groups is 1. The number of anilines is 1. The van der Waals surface area contributed by atoms with Gasteiger partial charge in [-0.3, -0.25) is 19.3 Å². The average Bonchev–Trinajstić information content (AvgIpc) is 3.29. The zero-order valence-corrected chi connectivity index (χ0v) is 19.1. The molecule has 0 bridgehead atoms. The van der Waals surface area contributed by atoms with Crippen LogP contribution in [0.1, 0.15) is 16.9 Å². The molecule has 32 heavy (non-hydrogen) atoms. The normalized spacial score (nSPS) is 14.9. The number of nitrogens with one attached hydrogen (secondary N) is 1. The minimum absolute atomic E-state index is 0.222. The predicted molar refractivity (Wildman–Crippen MR) is 126 cm³/mol. The number of nitrogens with zero attached hydrogens (tertiary/aromatic N) is 1. The van der Waals surface area contributed by atoms with E-state index in [2.05, 4.69) is 5.32 Å². The molecule has 1 saturated heterocycles. The number of rotatable bonds is 6. The van der Waals surface area contributed by atoms with Crippen molar-refractivity contribution in [1.82, 2.24) is 4.90 Å². The van der Waals surface area contributed by atoms with Crippen LogP contribution in [-0.2, 0) is 9.59 Å². The third-order valence-corrected chi connectivity index (χ3v) is 6.43. The fraction of sp³-hybridized carbons (Fsp3) is 0.125. The van der Waals surface area contributed by atoms with Crippen molar-refractivity contribution in [3.63, 3.8) is 0 Å². The molecule has 1 aromatic heterocycles. The molecule has 0 atom stereocenters. The number of carbonyl (C=O) groups is 3. The first-order chi connectivity index (χ1) is 15.4. The van der Waals surface area contributed by atoms with Gasteiger partial charge in [0.25, 0.3) is 11.1 Å². The van der Waals surface area contributed by atoms with Crippen molar-refractivity contribution < 1.29 is 18.8 Å². The van der Waals surface area contributed by atoms with Crippen molar-refractivity contribution in [3.8, 4) is 0 Å². The van der Waals surface area contributed by atoms with E-state index in [1.165, 1.54) is 23.4 Å². The molecule has 2 heterocycles. The number of benzene rings is 2. The van der Waals surface area contributed by atoms with Crippen molar-refractivity contribution in [2.45, 2.75) is 23.8 Å². The van der Waals surface area contributed by atoms with Crippen LogP contribution >= 0.6 is 23.5 Å². The first-order valence-corrected chi connectivity index (χ1v) is 11.5. The Bertz CT molecular complexity index is 1210. The number of hydrogen-bond donors (Lipinski definition) is 1. The molecule has 162 valence electrons. The lowest BCUT2D eigenvalue weighted by Crippen LogP contribution is -2.36. The molecule has 0 radical (unpaired) electrons. The van der Waals surface area contributed by atoms with E-state index in [1.807, 2.05) is 62.4 Å². The summed E-state index contributed by atoms with van der Waals surface area (Å²) in [5, 5.41) is 2.90. The van der Waals surface area contributed by atoms with Crippen LogP contribution in [0.25, 0.3) is 6.08 Å². The van der Waals surface area contributed by atoms with E-state index in [1.54, 1.807) is 12.1 Å². The van der Waals surface area contributed by atoms with Gasteiger partial charge in [-0.2, -0.15) is 0 Å². The summed E-state index contributed by atoms with van der Waals surface area (Å²) in [5.41, 5.74) is 2.79. The van der Waals surface area contributed by atoms with Gasteiger partial charge >= 0.3 is 0 Å². The summed E-state index contributed by atoms with van der Waals surface area (Å²) >= 11 is 2.26. The van der Waals surface area contributed by atoms with Crippen molar-refractivity contribution in [2.75, 3.05) is 11.9 Å². The lowest BCUT2D eigenvalue weighted by Gasteiger charge is -2.12. The van der Waals surface area contributed by atoms with E-state index >= 15 is 0 Å². The van der Waals surface area contributed by atoms with Crippen LogP contribution < -0.4 is 5.32 Å². The fourth-order valence-electron chi connectivity index (χ4n) is 3.02. The topological polar surface area (TPSA) is 79.6 Å². The van der Waals surface area contributed by atoms with Crippen molar-refractivity contribution >= 4 is 52.3 Å². The van der Waals surface area contributed by atoms with E-state index in [0.717, 1.165) is 27.1 Å². The lowest BCUT2D eigenvalue weighted by molar-refractivity contribution is -0.127. The molecule has 3 aromatic rings. The summed E-state index contributed by atoms with van der Waals surface area (Å²) in [5.74, 6) is -0.480. The quantitative estimate of drug-likeness (QED) is 0.470. The van der Waals surface area contributed by atoms with Gasteiger partial charge in [0, 0.05) is 16.7 Å². The Balaban J connectivity index is 1.40. The van der Waals surface area contributed by atoms with Crippen LogP contribution in [0.2, 0.25) is 0 Å². The SMILES string of the molecule is Cc1ccc(Sc2ccc(/C=C3\SC(=O)N(CC(=O)Nc4cccc(C)c4)C3=O)o2)cc1. The van der Waals surface area contributed by atoms with Crippen LogP contribution in [-0.4, -0.2) is 28.5 Å². The molecular formula is C24H20N2O4S2. The second-order valence-electron chi connectivity index (χ2n) is 7.26. The van der Waals surface area contributed by atoms with Gasteiger partial charge in [0.2, 0.25) is 5.91 Å². The Kier molecular flexibility index (Phi) is 6.53. The fourth-order valence-corrected chi connectivity index (χ4v) is 4.62. The lowest BCUT2D eigenvalue weighted by atomic mass is 10.2. The smallest absolute Gasteiger partial charge is 0.294 e. The minimum Gasteiger partial charge on any atom is -0.450 e. The number of carbonyl (C=O) groups excluding carboxylic acids is 3. The zero-order chi connectivity index (χ0) is 22.7. The predicted octanol–water partition coefficient (Wildman–Crippen LogP) is 5.72. The number of hydrogen-bond acceptors (Lipinski definition) is 6. The van der Waals surface area contributed by atoms with Crippen LogP contribution in [0.15, 0.2) is 80.0 Å². The summed E-state index contributed by atoms with van der Waals surface area (Å²) < 4.78 is 5.78. The summed E-state index contributed by atoms with van der Waals surface area (Å²) in [6.07, 6.45) is 1.53. The molecule has 2 aromatic carbocycles. The van der Waals surface area contributed by atoms with Gasteiger partial charge < -0.3 is 9.73 Å². The molecule has 1 fully saturated rings. The molecule has 0 unspecified atom stereocenters. The maximum Gasteiger partial charge on any atom is 0.294 e. The molecule has 8 heteroatoms. The molecule has 1 aliphatic heterocycles. The highest BCUT2D eigenvalue weighted by Gasteiger charge is 2.36. The first-order valence-electron chi connectivity index (χ1n) is 9.83. The van der Waals surface area contributed by atoms with Crippen molar-refractivity contribution in [3.05, 3.63) is 82.5 Å². The Morgan fingerprint density at radius 2 is 1.84 bits per heavy atom. The summed E-state index contributed by atoms with van der Waals surface area (Å²) in [6, 6.07) is 18.9. The molecule has 0 saturated carbocycles. The number of furan rings is 1. The van der Waals surface area contributed by atoms with Crippen LogP contribution in [0, 0.1) is 13.8 Å². The van der Waals surface area contributed by atoms with E-state index in [9.17, 15) is 14.4 Å². The Morgan fingerprint density at radius 3 is 2.59 bits per heavy atom. The zero-order valence-electron chi connectivity index (χ0n) is 17.5. The molecule has 1 N–H and O–H groups in total. The first kappa shape index (κ1) is 22.0. The highest BCUT2D eigenvalue weighted by atomic mass is 32.2. The average molecular weight is 465 g/mol.